The molecule has 140 valence electrons. The Bertz CT molecular complexity index is 976. The molecule has 0 aromatic carbocycles. The van der Waals surface area contributed by atoms with Crippen LogP contribution in [0.15, 0.2) is 41.6 Å². The highest BCUT2D eigenvalue weighted by Crippen LogP contribution is 2.39. The third-order valence-electron chi connectivity index (χ3n) is 4.87. The van der Waals surface area contributed by atoms with Crippen LogP contribution in [0.1, 0.15) is 31.7 Å². The molecule has 1 aliphatic heterocycles. The van der Waals surface area contributed by atoms with Gasteiger partial charge in [-0.3, -0.25) is 9.67 Å². The Balaban J connectivity index is 1.82. The third-order valence-corrected chi connectivity index (χ3v) is 6.02. The summed E-state index contributed by atoms with van der Waals surface area (Å²) in [6.45, 7) is 7.88. The lowest BCUT2D eigenvalue weighted by molar-refractivity contribution is 0.658. The summed E-state index contributed by atoms with van der Waals surface area (Å²) in [6, 6.07) is 10.3. The van der Waals surface area contributed by atoms with Gasteiger partial charge in [0, 0.05) is 41.0 Å². The molecule has 0 radical (unpaired) electrons. The molecular weight excluding hydrogens is 354 g/mol. The van der Waals surface area contributed by atoms with Crippen molar-refractivity contribution in [3.63, 3.8) is 0 Å². The smallest absolute Gasteiger partial charge is 0.119 e. The molecule has 2 N–H and O–H groups in total. The van der Waals surface area contributed by atoms with E-state index in [0.29, 0.717) is 6.54 Å². The SMILES string of the molecule is Cc1cccc(-c2nn3c(c2-c2ccnc(SC(C)(C)CN)c2)CCC3)n1. The number of fused-ring (bicyclic) bond motifs is 1. The number of rotatable bonds is 5. The largest absolute Gasteiger partial charge is 0.329 e. The minimum absolute atomic E-state index is 0.0481. The molecular formula is C21H25N5S. The van der Waals surface area contributed by atoms with Crippen LogP contribution in [0.2, 0.25) is 0 Å². The first-order valence-electron chi connectivity index (χ1n) is 9.36. The van der Waals surface area contributed by atoms with Gasteiger partial charge in [0.1, 0.15) is 5.69 Å². The van der Waals surface area contributed by atoms with Crippen molar-refractivity contribution >= 4 is 11.8 Å². The number of pyridine rings is 2. The van der Waals surface area contributed by atoms with Crippen LogP contribution < -0.4 is 5.73 Å². The number of hydrogen-bond donors (Lipinski definition) is 1. The van der Waals surface area contributed by atoms with E-state index in [4.69, 9.17) is 15.8 Å². The minimum atomic E-state index is -0.0481. The predicted octanol–water partition coefficient (Wildman–Crippen LogP) is 4.09. The molecule has 0 amide bonds. The lowest BCUT2D eigenvalue weighted by Gasteiger charge is -2.21. The van der Waals surface area contributed by atoms with Crippen LogP contribution in [0, 0.1) is 6.92 Å². The summed E-state index contributed by atoms with van der Waals surface area (Å²) in [7, 11) is 0. The van der Waals surface area contributed by atoms with Gasteiger partial charge in [-0.1, -0.05) is 17.8 Å². The van der Waals surface area contributed by atoms with Crippen LogP contribution >= 0.6 is 11.8 Å². The number of nitrogens with zero attached hydrogens (tertiary/aromatic N) is 4. The number of hydrogen-bond acceptors (Lipinski definition) is 5. The maximum Gasteiger partial charge on any atom is 0.119 e. The van der Waals surface area contributed by atoms with E-state index in [2.05, 4.69) is 35.6 Å². The Morgan fingerprint density at radius 2 is 2.11 bits per heavy atom. The molecule has 0 atom stereocenters. The van der Waals surface area contributed by atoms with Crippen molar-refractivity contribution in [2.45, 2.75) is 49.9 Å². The molecule has 0 bridgehead atoms. The summed E-state index contributed by atoms with van der Waals surface area (Å²) in [5, 5.41) is 5.90. The zero-order valence-corrected chi connectivity index (χ0v) is 16.9. The van der Waals surface area contributed by atoms with Gasteiger partial charge >= 0.3 is 0 Å². The Morgan fingerprint density at radius 3 is 2.89 bits per heavy atom. The van der Waals surface area contributed by atoms with Crippen LogP contribution in [0.4, 0.5) is 0 Å². The minimum Gasteiger partial charge on any atom is -0.329 e. The zero-order valence-electron chi connectivity index (χ0n) is 16.1. The quantitative estimate of drug-likeness (QED) is 0.676. The van der Waals surface area contributed by atoms with E-state index in [1.807, 2.05) is 31.3 Å². The number of aromatic nitrogens is 4. The molecule has 4 heterocycles. The van der Waals surface area contributed by atoms with Gasteiger partial charge in [-0.15, -0.1) is 0 Å². The Labute approximate surface area is 164 Å². The van der Waals surface area contributed by atoms with Crippen molar-refractivity contribution in [3.8, 4) is 22.5 Å². The van der Waals surface area contributed by atoms with Gasteiger partial charge in [0.05, 0.1) is 10.7 Å². The molecule has 0 spiro atoms. The topological polar surface area (TPSA) is 69.6 Å². The van der Waals surface area contributed by atoms with Gasteiger partial charge in [-0.2, -0.15) is 5.10 Å². The molecule has 0 unspecified atom stereocenters. The lowest BCUT2D eigenvalue weighted by atomic mass is 10.0. The van der Waals surface area contributed by atoms with Gasteiger partial charge < -0.3 is 5.73 Å². The van der Waals surface area contributed by atoms with Gasteiger partial charge in [-0.05, 0) is 63.4 Å². The van der Waals surface area contributed by atoms with Crippen molar-refractivity contribution in [2.24, 2.45) is 5.73 Å². The van der Waals surface area contributed by atoms with Crippen molar-refractivity contribution in [1.82, 2.24) is 19.7 Å². The monoisotopic (exact) mass is 379 g/mol. The molecule has 3 aromatic rings. The predicted molar refractivity (Wildman–Crippen MR) is 111 cm³/mol. The second-order valence-corrected chi connectivity index (χ2v) is 9.34. The number of aryl methyl sites for hydroxylation is 2. The highest BCUT2D eigenvalue weighted by molar-refractivity contribution is 8.00. The van der Waals surface area contributed by atoms with E-state index in [1.165, 1.54) is 11.3 Å². The molecule has 0 saturated carbocycles. The standard InChI is InChI=1S/C21H25N5S/c1-14-6-4-7-16(24-14)20-19(17-8-5-11-26(17)25-20)15-9-10-23-18(12-15)27-21(2,3)13-22/h4,6-7,9-10,12H,5,8,11,13,22H2,1-3H3. The van der Waals surface area contributed by atoms with E-state index < -0.39 is 0 Å². The second kappa shape index (κ2) is 7.09. The summed E-state index contributed by atoms with van der Waals surface area (Å²) in [5.74, 6) is 0. The van der Waals surface area contributed by atoms with E-state index >= 15 is 0 Å². The van der Waals surface area contributed by atoms with Crippen molar-refractivity contribution in [2.75, 3.05) is 6.54 Å². The molecule has 0 saturated heterocycles. The van der Waals surface area contributed by atoms with Crippen LogP contribution in [-0.2, 0) is 13.0 Å². The van der Waals surface area contributed by atoms with Crippen LogP contribution in [-0.4, -0.2) is 31.0 Å². The fourth-order valence-corrected chi connectivity index (χ4v) is 4.38. The van der Waals surface area contributed by atoms with Crippen LogP contribution in [0.5, 0.6) is 0 Å². The van der Waals surface area contributed by atoms with Crippen molar-refractivity contribution < 1.29 is 0 Å². The van der Waals surface area contributed by atoms with Crippen LogP contribution in [0.3, 0.4) is 0 Å². The molecule has 1 aliphatic rings. The maximum atomic E-state index is 5.90. The van der Waals surface area contributed by atoms with E-state index in [-0.39, 0.29) is 4.75 Å². The van der Waals surface area contributed by atoms with Crippen molar-refractivity contribution in [1.29, 1.82) is 0 Å². The first kappa shape index (κ1) is 18.2. The van der Waals surface area contributed by atoms with E-state index in [0.717, 1.165) is 47.1 Å². The number of thioether (sulfide) groups is 1. The Morgan fingerprint density at radius 1 is 1.26 bits per heavy atom. The van der Waals surface area contributed by atoms with Crippen LogP contribution in [0.25, 0.3) is 22.5 Å². The fraction of sp³-hybridized carbons (Fsp3) is 0.381. The maximum absolute atomic E-state index is 5.90. The Kier molecular flexibility index (Phi) is 4.78. The summed E-state index contributed by atoms with van der Waals surface area (Å²) < 4.78 is 2.10. The van der Waals surface area contributed by atoms with E-state index in [9.17, 15) is 0 Å². The average Bonchev–Trinajstić information content (AvgIpc) is 3.22. The van der Waals surface area contributed by atoms with Gasteiger partial charge in [0.25, 0.3) is 0 Å². The summed E-state index contributed by atoms with van der Waals surface area (Å²) in [6.07, 6.45) is 4.08. The lowest BCUT2D eigenvalue weighted by Crippen LogP contribution is -2.26. The van der Waals surface area contributed by atoms with Gasteiger partial charge in [0.2, 0.25) is 0 Å². The second-order valence-electron chi connectivity index (χ2n) is 7.61. The zero-order chi connectivity index (χ0) is 19.0. The molecule has 3 aromatic heterocycles. The summed E-state index contributed by atoms with van der Waals surface area (Å²) in [4.78, 5) is 9.28. The summed E-state index contributed by atoms with van der Waals surface area (Å²) in [5.41, 5.74) is 12.5. The number of nitrogens with two attached hydrogens (primary N) is 1. The molecule has 27 heavy (non-hydrogen) atoms. The van der Waals surface area contributed by atoms with E-state index in [1.54, 1.807) is 11.8 Å². The van der Waals surface area contributed by atoms with Crippen molar-refractivity contribution in [3.05, 3.63) is 47.9 Å². The Hall–Kier alpha value is -2.18. The molecule has 4 rings (SSSR count). The normalized spacial score (nSPS) is 13.8. The van der Waals surface area contributed by atoms with Gasteiger partial charge in [-0.25, -0.2) is 4.98 Å². The first-order chi connectivity index (χ1) is 13.0. The summed E-state index contributed by atoms with van der Waals surface area (Å²) >= 11 is 1.72. The average molecular weight is 380 g/mol. The molecule has 6 heteroatoms. The first-order valence-corrected chi connectivity index (χ1v) is 10.2. The van der Waals surface area contributed by atoms with Gasteiger partial charge in [0.15, 0.2) is 0 Å². The molecule has 0 fully saturated rings. The fourth-order valence-electron chi connectivity index (χ4n) is 3.44. The molecule has 5 nitrogen and oxygen atoms in total. The highest BCUT2D eigenvalue weighted by Gasteiger charge is 2.25. The molecule has 0 aliphatic carbocycles. The highest BCUT2D eigenvalue weighted by atomic mass is 32.2. The third kappa shape index (κ3) is 3.64.